The van der Waals surface area contributed by atoms with Gasteiger partial charge in [0.1, 0.15) is 0 Å². The summed E-state index contributed by atoms with van der Waals surface area (Å²) >= 11 is 0. The molecular weight excluding hydrogens is 168 g/mol. The number of carbonyl (C=O) groups excluding carboxylic acids is 1. The zero-order valence-corrected chi connectivity index (χ0v) is 8.70. The summed E-state index contributed by atoms with van der Waals surface area (Å²) in [6.07, 6.45) is 0. The van der Waals surface area contributed by atoms with Crippen molar-refractivity contribution in [3.63, 3.8) is 0 Å². The number of likely N-dealkylation sites (N-methyl/N-ethyl adjacent to an activating group) is 2. The Balaban J connectivity index is 2.70. The highest BCUT2D eigenvalue weighted by atomic mass is 16.5. The van der Waals surface area contributed by atoms with Crippen molar-refractivity contribution in [1.82, 2.24) is 10.2 Å². The number of nitrogens with zero attached hydrogens (tertiary/aromatic N) is 1. The third-order valence-electron chi connectivity index (χ3n) is 2.97. The van der Waals surface area contributed by atoms with Crippen molar-refractivity contribution >= 4 is 5.97 Å². The Kier molecular flexibility index (Phi) is 3.27. The quantitative estimate of drug-likeness (QED) is 0.601. The first kappa shape index (κ1) is 10.5. The number of nitrogens with one attached hydrogen (secondary N) is 1. The Bertz CT molecular complexity index is 196. The van der Waals surface area contributed by atoms with E-state index < -0.39 is 0 Å². The van der Waals surface area contributed by atoms with E-state index in [1.807, 2.05) is 14.1 Å². The van der Waals surface area contributed by atoms with Gasteiger partial charge in [-0.2, -0.15) is 0 Å². The van der Waals surface area contributed by atoms with Crippen molar-refractivity contribution in [3.05, 3.63) is 0 Å². The van der Waals surface area contributed by atoms with Crippen LogP contribution in [0, 0.1) is 5.92 Å². The van der Waals surface area contributed by atoms with Crippen molar-refractivity contribution in [2.24, 2.45) is 5.92 Å². The van der Waals surface area contributed by atoms with Crippen LogP contribution in [0.3, 0.4) is 0 Å². The lowest BCUT2D eigenvalue weighted by molar-refractivity contribution is -0.145. The van der Waals surface area contributed by atoms with Crippen LogP contribution in [0.5, 0.6) is 0 Å². The van der Waals surface area contributed by atoms with Crippen molar-refractivity contribution in [3.8, 4) is 0 Å². The van der Waals surface area contributed by atoms with Crippen molar-refractivity contribution in [2.75, 3.05) is 27.7 Å². The standard InChI is InChI=1S/C9H18N2O2/c1-6-8(10-2)7(5-11(6)3)9(12)13-4/h6-8,10H,5H2,1-4H3. The highest BCUT2D eigenvalue weighted by molar-refractivity contribution is 5.74. The topological polar surface area (TPSA) is 41.6 Å². The summed E-state index contributed by atoms with van der Waals surface area (Å²) in [5.74, 6) is -0.148. The zero-order valence-electron chi connectivity index (χ0n) is 8.70. The van der Waals surface area contributed by atoms with E-state index in [2.05, 4.69) is 17.1 Å². The Morgan fingerprint density at radius 2 is 2.23 bits per heavy atom. The van der Waals surface area contributed by atoms with Crippen molar-refractivity contribution < 1.29 is 9.53 Å². The van der Waals surface area contributed by atoms with Gasteiger partial charge in [0, 0.05) is 18.6 Å². The number of methoxy groups -OCH3 is 1. The summed E-state index contributed by atoms with van der Waals surface area (Å²) in [7, 11) is 5.35. The van der Waals surface area contributed by atoms with Gasteiger partial charge in [0.15, 0.2) is 0 Å². The molecule has 1 N–H and O–H groups in total. The van der Waals surface area contributed by atoms with Gasteiger partial charge in [-0.3, -0.25) is 4.79 Å². The maximum absolute atomic E-state index is 11.4. The van der Waals surface area contributed by atoms with Gasteiger partial charge in [-0.05, 0) is 21.0 Å². The Morgan fingerprint density at radius 3 is 2.69 bits per heavy atom. The molecule has 0 spiro atoms. The molecule has 3 unspecified atom stereocenters. The Labute approximate surface area is 79.2 Å². The molecule has 0 bridgehead atoms. The number of hydrogen-bond donors (Lipinski definition) is 1. The fraction of sp³-hybridized carbons (Fsp3) is 0.889. The molecule has 0 aromatic rings. The zero-order chi connectivity index (χ0) is 10.0. The molecule has 1 aliphatic rings. The van der Waals surface area contributed by atoms with Gasteiger partial charge in [0.25, 0.3) is 0 Å². The van der Waals surface area contributed by atoms with E-state index in [0.717, 1.165) is 6.54 Å². The Hall–Kier alpha value is -0.610. The van der Waals surface area contributed by atoms with Crippen LogP contribution in [0.15, 0.2) is 0 Å². The maximum Gasteiger partial charge on any atom is 0.311 e. The normalized spacial score (nSPS) is 34.9. The smallest absolute Gasteiger partial charge is 0.311 e. The number of rotatable bonds is 2. The highest BCUT2D eigenvalue weighted by Crippen LogP contribution is 2.22. The van der Waals surface area contributed by atoms with Crippen LogP contribution < -0.4 is 5.32 Å². The van der Waals surface area contributed by atoms with E-state index in [9.17, 15) is 4.79 Å². The van der Waals surface area contributed by atoms with Gasteiger partial charge in [-0.15, -0.1) is 0 Å². The molecule has 1 fully saturated rings. The molecule has 1 heterocycles. The SMILES string of the molecule is CNC1C(C(=O)OC)CN(C)C1C. The first-order valence-corrected chi connectivity index (χ1v) is 4.57. The molecule has 4 nitrogen and oxygen atoms in total. The first-order valence-electron chi connectivity index (χ1n) is 4.57. The van der Waals surface area contributed by atoms with E-state index in [0.29, 0.717) is 6.04 Å². The maximum atomic E-state index is 11.4. The van der Waals surface area contributed by atoms with Crippen LogP contribution in [0.4, 0.5) is 0 Å². The largest absolute Gasteiger partial charge is 0.469 e. The summed E-state index contributed by atoms with van der Waals surface area (Å²) in [6, 6.07) is 0.589. The summed E-state index contributed by atoms with van der Waals surface area (Å²) in [5.41, 5.74) is 0. The molecule has 13 heavy (non-hydrogen) atoms. The van der Waals surface area contributed by atoms with Gasteiger partial charge < -0.3 is 15.0 Å². The summed E-state index contributed by atoms with van der Waals surface area (Å²) in [4.78, 5) is 13.6. The minimum Gasteiger partial charge on any atom is -0.469 e. The van der Waals surface area contributed by atoms with Crippen molar-refractivity contribution in [1.29, 1.82) is 0 Å². The fourth-order valence-corrected chi connectivity index (χ4v) is 2.02. The van der Waals surface area contributed by atoms with E-state index >= 15 is 0 Å². The number of ether oxygens (including phenoxy) is 1. The van der Waals surface area contributed by atoms with E-state index in [1.54, 1.807) is 0 Å². The predicted molar refractivity (Wildman–Crippen MR) is 50.4 cm³/mol. The molecule has 0 amide bonds. The van der Waals surface area contributed by atoms with Crippen LogP contribution >= 0.6 is 0 Å². The number of carbonyl (C=O) groups is 1. The van der Waals surface area contributed by atoms with Crippen LogP contribution in [-0.2, 0) is 9.53 Å². The molecule has 3 atom stereocenters. The lowest BCUT2D eigenvalue weighted by Gasteiger charge is -2.21. The average molecular weight is 186 g/mol. The second-order valence-corrected chi connectivity index (χ2v) is 3.62. The molecular formula is C9H18N2O2. The van der Waals surface area contributed by atoms with E-state index in [-0.39, 0.29) is 17.9 Å². The number of esters is 1. The van der Waals surface area contributed by atoms with Gasteiger partial charge in [0.05, 0.1) is 13.0 Å². The molecule has 0 aromatic heterocycles. The van der Waals surface area contributed by atoms with E-state index in [1.165, 1.54) is 7.11 Å². The highest BCUT2D eigenvalue weighted by Gasteiger charge is 2.40. The molecule has 1 aliphatic heterocycles. The fourth-order valence-electron chi connectivity index (χ4n) is 2.02. The van der Waals surface area contributed by atoms with Gasteiger partial charge in [-0.25, -0.2) is 0 Å². The lowest BCUT2D eigenvalue weighted by atomic mass is 10.00. The Morgan fingerprint density at radius 1 is 1.62 bits per heavy atom. The van der Waals surface area contributed by atoms with Crippen molar-refractivity contribution in [2.45, 2.75) is 19.0 Å². The van der Waals surface area contributed by atoms with Crippen LogP contribution in [0.25, 0.3) is 0 Å². The third kappa shape index (κ3) is 1.84. The second kappa shape index (κ2) is 4.07. The van der Waals surface area contributed by atoms with Crippen LogP contribution in [-0.4, -0.2) is 50.7 Å². The average Bonchev–Trinajstić information content (AvgIpc) is 2.42. The van der Waals surface area contributed by atoms with Crippen LogP contribution in [0.2, 0.25) is 0 Å². The molecule has 1 rings (SSSR count). The number of hydrogen-bond acceptors (Lipinski definition) is 4. The minimum atomic E-state index is -0.115. The molecule has 1 saturated heterocycles. The summed E-state index contributed by atoms with van der Waals surface area (Å²) in [6.45, 7) is 2.89. The molecule has 0 aromatic carbocycles. The van der Waals surface area contributed by atoms with Gasteiger partial charge >= 0.3 is 5.97 Å². The monoisotopic (exact) mass is 186 g/mol. The molecule has 4 heteroatoms. The first-order chi connectivity index (χ1) is 6.11. The molecule has 0 aliphatic carbocycles. The molecule has 76 valence electrons. The van der Waals surface area contributed by atoms with Crippen LogP contribution in [0.1, 0.15) is 6.92 Å². The minimum absolute atomic E-state index is 0.0324. The predicted octanol–water partition coefficient (Wildman–Crippen LogP) is -0.302. The summed E-state index contributed by atoms with van der Waals surface area (Å²) < 4.78 is 4.76. The number of likely N-dealkylation sites (tertiary alicyclic amines) is 1. The second-order valence-electron chi connectivity index (χ2n) is 3.62. The molecule has 0 radical (unpaired) electrons. The van der Waals surface area contributed by atoms with Gasteiger partial charge in [-0.1, -0.05) is 0 Å². The van der Waals surface area contributed by atoms with E-state index in [4.69, 9.17) is 4.74 Å². The lowest BCUT2D eigenvalue weighted by Crippen LogP contribution is -2.42. The van der Waals surface area contributed by atoms with Gasteiger partial charge in [0.2, 0.25) is 0 Å². The summed E-state index contributed by atoms with van der Waals surface area (Å²) in [5, 5.41) is 3.17. The third-order valence-corrected chi connectivity index (χ3v) is 2.97. The molecule has 0 saturated carbocycles.